The monoisotopic (exact) mass is 533 g/mol. The third-order valence-corrected chi connectivity index (χ3v) is 7.62. The molecular weight excluding hydrogens is 502 g/mol. The number of amides is 1. The molecule has 0 spiro atoms. The van der Waals surface area contributed by atoms with E-state index in [0.717, 1.165) is 0 Å². The summed E-state index contributed by atoms with van der Waals surface area (Å²) in [7, 11) is 1.54. The van der Waals surface area contributed by atoms with E-state index in [1.807, 2.05) is 0 Å². The number of piperidine rings is 1. The number of fused-ring (bicyclic) bond motifs is 1. The van der Waals surface area contributed by atoms with Crippen LogP contribution >= 0.6 is 0 Å². The molecule has 1 aliphatic heterocycles. The van der Waals surface area contributed by atoms with Gasteiger partial charge in [-0.2, -0.15) is 0 Å². The SMILES string of the molecule is COc1ccc2ncc(F)c(CCCC3(C(=O)NO)CCN(CCCc4c(F)cc(F)cc4F)CC3)c2c1. The molecule has 2 aromatic carbocycles. The summed E-state index contributed by atoms with van der Waals surface area (Å²) >= 11 is 0. The quantitative estimate of drug-likeness (QED) is 0.209. The number of nitrogens with one attached hydrogen (secondary N) is 1. The van der Waals surface area contributed by atoms with Crippen molar-refractivity contribution >= 4 is 16.8 Å². The zero-order valence-corrected chi connectivity index (χ0v) is 21.2. The Balaban J connectivity index is 1.36. The Morgan fingerprint density at radius 3 is 2.37 bits per heavy atom. The lowest BCUT2D eigenvalue weighted by atomic mass is 9.73. The number of pyridine rings is 1. The summed E-state index contributed by atoms with van der Waals surface area (Å²) in [6.07, 6.45) is 4.11. The van der Waals surface area contributed by atoms with Gasteiger partial charge in [0.25, 0.3) is 0 Å². The first-order valence-corrected chi connectivity index (χ1v) is 12.7. The molecule has 1 fully saturated rings. The summed E-state index contributed by atoms with van der Waals surface area (Å²) < 4.78 is 60.9. The maximum absolute atomic E-state index is 14.7. The van der Waals surface area contributed by atoms with Crippen LogP contribution in [0, 0.1) is 28.7 Å². The fourth-order valence-corrected chi connectivity index (χ4v) is 5.39. The third-order valence-electron chi connectivity index (χ3n) is 7.62. The van der Waals surface area contributed by atoms with Gasteiger partial charge < -0.3 is 9.64 Å². The average molecular weight is 534 g/mol. The highest BCUT2D eigenvalue weighted by Gasteiger charge is 2.40. The van der Waals surface area contributed by atoms with Gasteiger partial charge in [-0.25, -0.2) is 23.0 Å². The highest BCUT2D eigenvalue weighted by molar-refractivity contribution is 5.84. The van der Waals surface area contributed by atoms with Gasteiger partial charge in [-0.05, 0) is 88.3 Å². The molecule has 2 N–H and O–H groups in total. The van der Waals surface area contributed by atoms with Crippen molar-refractivity contribution < 1.29 is 32.3 Å². The second kappa shape index (κ2) is 12.1. The smallest absolute Gasteiger partial charge is 0.249 e. The number of benzene rings is 2. The number of halogens is 4. The minimum absolute atomic E-state index is 0.132. The van der Waals surface area contributed by atoms with Gasteiger partial charge in [-0.15, -0.1) is 0 Å². The van der Waals surface area contributed by atoms with Crippen molar-refractivity contribution in [1.29, 1.82) is 0 Å². The summed E-state index contributed by atoms with van der Waals surface area (Å²) in [6.45, 7) is 1.68. The van der Waals surface area contributed by atoms with Gasteiger partial charge in [0.2, 0.25) is 5.91 Å². The van der Waals surface area contributed by atoms with Crippen molar-refractivity contribution in [2.75, 3.05) is 26.7 Å². The molecule has 10 heteroatoms. The van der Waals surface area contributed by atoms with Gasteiger partial charge in [-0.1, -0.05) is 0 Å². The molecule has 4 rings (SSSR count). The zero-order chi connectivity index (χ0) is 27.3. The first kappa shape index (κ1) is 27.8. The molecule has 6 nitrogen and oxygen atoms in total. The molecular formula is C28H31F4N3O3. The van der Waals surface area contributed by atoms with E-state index in [0.29, 0.717) is 92.5 Å². The van der Waals surface area contributed by atoms with Crippen LogP contribution in [0.5, 0.6) is 5.75 Å². The van der Waals surface area contributed by atoms with Crippen molar-refractivity contribution in [1.82, 2.24) is 15.4 Å². The van der Waals surface area contributed by atoms with E-state index < -0.39 is 34.6 Å². The maximum atomic E-state index is 14.7. The maximum Gasteiger partial charge on any atom is 0.249 e. The van der Waals surface area contributed by atoms with E-state index in [2.05, 4.69) is 9.88 Å². The van der Waals surface area contributed by atoms with Gasteiger partial charge in [-0.3, -0.25) is 15.0 Å². The standard InChI is InChI=1S/C28H31F4N3O3/c1-38-19-6-7-26-22(16-19)20(25(32)17-33-26)4-2-8-28(27(36)34-37)9-12-35(13-10-28)11-3-5-21-23(30)14-18(29)15-24(21)31/h6-7,14-17,37H,2-5,8-13H2,1H3,(H,34,36). The number of hydrogen-bond donors (Lipinski definition) is 2. The van der Waals surface area contributed by atoms with E-state index in [1.54, 1.807) is 23.7 Å². The number of hydrogen-bond acceptors (Lipinski definition) is 5. The molecule has 1 aliphatic rings. The Morgan fingerprint density at radius 2 is 1.71 bits per heavy atom. The first-order valence-electron chi connectivity index (χ1n) is 12.7. The van der Waals surface area contributed by atoms with Gasteiger partial charge >= 0.3 is 0 Å². The van der Waals surface area contributed by atoms with Crippen LogP contribution in [0.4, 0.5) is 17.6 Å². The van der Waals surface area contributed by atoms with E-state index in [4.69, 9.17) is 4.74 Å². The van der Waals surface area contributed by atoms with Crippen molar-refractivity contribution in [2.45, 2.75) is 44.9 Å². The molecule has 3 aromatic rings. The molecule has 1 amide bonds. The van der Waals surface area contributed by atoms with E-state index >= 15 is 0 Å². The minimum atomic E-state index is -0.946. The summed E-state index contributed by atoms with van der Waals surface area (Å²) in [5.41, 5.74) is 2.02. The van der Waals surface area contributed by atoms with Crippen molar-refractivity contribution in [3.8, 4) is 5.75 Å². The second-order valence-corrected chi connectivity index (χ2v) is 9.84. The van der Waals surface area contributed by atoms with Gasteiger partial charge in [0, 0.05) is 23.1 Å². The molecule has 0 unspecified atom stereocenters. The van der Waals surface area contributed by atoms with E-state index in [-0.39, 0.29) is 12.0 Å². The molecule has 0 saturated carbocycles. The lowest BCUT2D eigenvalue weighted by molar-refractivity contribution is -0.143. The summed E-state index contributed by atoms with van der Waals surface area (Å²) in [6, 6.07) is 6.64. The summed E-state index contributed by atoms with van der Waals surface area (Å²) in [5, 5.41) is 10.1. The van der Waals surface area contributed by atoms with E-state index in [9.17, 15) is 27.6 Å². The Labute approximate surface area is 218 Å². The third kappa shape index (κ3) is 6.07. The van der Waals surface area contributed by atoms with Crippen LogP contribution < -0.4 is 10.2 Å². The first-order chi connectivity index (χ1) is 18.3. The Hall–Kier alpha value is -3.24. The predicted octanol–water partition coefficient (Wildman–Crippen LogP) is 5.34. The zero-order valence-electron chi connectivity index (χ0n) is 21.2. The second-order valence-electron chi connectivity index (χ2n) is 9.84. The van der Waals surface area contributed by atoms with E-state index in [1.165, 1.54) is 13.3 Å². The lowest BCUT2D eigenvalue weighted by Gasteiger charge is -2.40. The molecule has 2 heterocycles. The topological polar surface area (TPSA) is 74.7 Å². The van der Waals surface area contributed by atoms with Crippen LogP contribution in [0.3, 0.4) is 0 Å². The number of rotatable bonds is 10. The van der Waals surface area contributed by atoms with Gasteiger partial charge in [0.15, 0.2) is 0 Å². The highest BCUT2D eigenvalue weighted by atomic mass is 19.1. The highest BCUT2D eigenvalue weighted by Crippen LogP contribution is 2.38. The van der Waals surface area contributed by atoms with Gasteiger partial charge in [0.05, 0.1) is 24.2 Å². The molecule has 0 radical (unpaired) electrons. The molecule has 0 bridgehead atoms. The van der Waals surface area contributed by atoms with Crippen molar-refractivity contribution in [3.05, 3.63) is 70.9 Å². The van der Waals surface area contributed by atoms with Crippen LogP contribution in [-0.4, -0.2) is 47.7 Å². The Kier molecular flexibility index (Phi) is 8.83. The number of aromatic nitrogens is 1. The minimum Gasteiger partial charge on any atom is -0.497 e. The predicted molar refractivity (Wildman–Crippen MR) is 134 cm³/mol. The Bertz CT molecular complexity index is 1270. The molecule has 38 heavy (non-hydrogen) atoms. The fraction of sp³-hybridized carbons (Fsp3) is 0.429. The summed E-state index contributed by atoms with van der Waals surface area (Å²) in [4.78, 5) is 19.0. The van der Waals surface area contributed by atoms with Crippen molar-refractivity contribution in [3.63, 3.8) is 0 Å². The van der Waals surface area contributed by atoms with Crippen LogP contribution in [0.25, 0.3) is 10.9 Å². The number of ether oxygens (including phenoxy) is 1. The number of carbonyl (C=O) groups excluding carboxylic acids is 1. The molecule has 1 saturated heterocycles. The summed E-state index contributed by atoms with van der Waals surface area (Å²) in [5.74, 6) is -3.02. The average Bonchev–Trinajstić information content (AvgIpc) is 2.91. The largest absolute Gasteiger partial charge is 0.497 e. The number of methoxy groups -OCH3 is 1. The molecule has 0 aliphatic carbocycles. The fourth-order valence-electron chi connectivity index (χ4n) is 5.39. The number of carbonyl (C=O) groups is 1. The normalized spacial score (nSPS) is 15.5. The van der Waals surface area contributed by atoms with Crippen LogP contribution in [0.1, 0.15) is 43.2 Å². The number of hydroxylamine groups is 1. The molecule has 1 aromatic heterocycles. The number of likely N-dealkylation sites (tertiary alicyclic amines) is 1. The lowest BCUT2D eigenvalue weighted by Crippen LogP contribution is -2.48. The van der Waals surface area contributed by atoms with Crippen LogP contribution in [0.2, 0.25) is 0 Å². The molecule has 0 atom stereocenters. The number of nitrogens with zero attached hydrogens (tertiary/aromatic N) is 2. The van der Waals surface area contributed by atoms with Crippen molar-refractivity contribution in [2.24, 2.45) is 5.41 Å². The number of aryl methyl sites for hydroxylation is 1. The Morgan fingerprint density at radius 1 is 1.03 bits per heavy atom. The van der Waals surface area contributed by atoms with Gasteiger partial charge in [0.1, 0.15) is 29.0 Å². The van der Waals surface area contributed by atoms with Crippen LogP contribution in [-0.2, 0) is 17.6 Å². The molecule has 204 valence electrons. The van der Waals surface area contributed by atoms with Crippen LogP contribution in [0.15, 0.2) is 36.5 Å².